The molecule has 4 nitrogen and oxygen atoms in total. The van der Waals surface area contributed by atoms with Gasteiger partial charge < -0.3 is 4.90 Å². The molecule has 1 heterocycles. The van der Waals surface area contributed by atoms with Crippen LogP contribution < -0.4 is 4.90 Å². The average molecular weight is 348 g/mol. The molecule has 0 saturated carbocycles. The Labute approximate surface area is 142 Å². The number of nitrogens with zero attached hydrogens (tertiary/aromatic N) is 2. The van der Waals surface area contributed by atoms with Crippen LogP contribution in [0.4, 0.5) is 10.1 Å². The highest BCUT2D eigenvalue weighted by atomic mass is 32.2. The Hall–Kier alpha value is -1.92. The Morgan fingerprint density at radius 3 is 2.25 bits per heavy atom. The fraction of sp³-hybridized carbons (Fsp3) is 0.333. The van der Waals surface area contributed by atoms with Gasteiger partial charge in [0.15, 0.2) is 0 Å². The quantitative estimate of drug-likeness (QED) is 0.856. The van der Waals surface area contributed by atoms with Crippen LogP contribution in [-0.2, 0) is 10.0 Å². The van der Waals surface area contributed by atoms with Gasteiger partial charge in [-0.05, 0) is 43.2 Å². The van der Waals surface area contributed by atoms with Crippen LogP contribution in [0.3, 0.4) is 0 Å². The molecule has 0 amide bonds. The second kappa shape index (κ2) is 6.53. The third-order valence-electron chi connectivity index (χ3n) is 4.61. The number of rotatable bonds is 3. The normalized spacial score (nSPS) is 16.4. The van der Waals surface area contributed by atoms with E-state index in [4.69, 9.17) is 0 Å². The van der Waals surface area contributed by atoms with Crippen molar-refractivity contribution in [2.75, 3.05) is 31.1 Å². The van der Waals surface area contributed by atoms with E-state index in [1.807, 2.05) is 6.07 Å². The van der Waals surface area contributed by atoms with Gasteiger partial charge in [-0.2, -0.15) is 4.31 Å². The lowest BCUT2D eigenvalue weighted by Gasteiger charge is -2.36. The van der Waals surface area contributed by atoms with Gasteiger partial charge in [-0.3, -0.25) is 0 Å². The number of benzene rings is 2. The van der Waals surface area contributed by atoms with Gasteiger partial charge in [-0.1, -0.05) is 24.3 Å². The summed E-state index contributed by atoms with van der Waals surface area (Å²) in [5, 5.41) is 0. The third kappa shape index (κ3) is 3.03. The molecule has 0 aromatic heterocycles. The molecule has 0 N–H and O–H groups in total. The first-order valence-corrected chi connectivity index (χ1v) is 9.41. The van der Waals surface area contributed by atoms with E-state index in [2.05, 4.69) is 30.9 Å². The lowest BCUT2D eigenvalue weighted by atomic mass is 10.1. The summed E-state index contributed by atoms with van der Waals surface area (Å²) in [5.74, 6) is -0.700. The van der Waals surface area contributed by atoms with Crippen LogP contribution in [-0.4, -0.2) is 38.9 Å². The minimum Gasteiger partial charge on any atom is -0.369 e. The van der Waals surface area contributed by atoms with Crippen molar-refractivity contribution in [2.45, 2.75) is 18.7 Å². The number of halogens is 1. The first kappa shape index (κ1) is 16.9. The van der Waals surface area contributed by atoms with Gasteiger partial charge >= 0.3 is 0 Å². The van der Waals surface area contributed by atoms with E-state index in [0.29, 0.717) is 26.2 Å². The molecule has 3 rings (SSSR count). The maximum atomic E-state index is 13.9. The van der Waals surface area contributed by atoms with Crippen LogP contribution in [0.15, 0.2) is 47.4 Å². The zero-order valence-corrected chi connectivity index (χ0v) is 14.7. The Morgan fingerprint density at radius 2 is 1.58 bits per heavy atom. The largest absolute Gasteiger partial charge is 0.369 e. The number of sulfonamides is 1. The van der Waals surface area contributed by atoms with Crippen molar-refractivity contribution in [3.63, 3.8) is 0 Å². The summed E-state index contributed by atoms with van der Waals surface area (Å²) in [6, 6.07) is 11.7. The molecule has 1 aliphatic rings. The van der Waals surface area contributed by atoms with Crippen molar-refractivity contribution < 1.29 is 12.8 Å². The molecule has 2 aromatic carbocycles. The van der Waals surface area contributed by atoms with Gasteiger partial charge in [0.05, 0.1) is 0 Å². The Morgan fingerprint density at radius 1 is 0.917 bits per heavy atom. The van der Waals surface area contributed by atoms with E-state index in [-0.39, 0.29) is 4.90 Å². The highest BCUT2D eigenvalue weighted by molar-refractivity contribution is 7.89. The molecule has 1 fully saturated rings. The molecular weight excluding hydrogens is 327 g/mol. The minimum absolute atomic E-state index is 0.245. The van der Waals surface area contributed by atoms with Crippen molar-refractivity contribution in [3.05, 3.63) is 59.4 Å². The van der Waals surface area contributed by atoms with E-state index in [1.165, 1.54) is 33.6 Å². The summed E-state index contributed by atoms with van der Waals surface area (Å²) in [6.45, 7) is 6.04. The van der Waals surface area contributed by atoms with Crippen LogP contribution in [0.1, 0.15) is 11.1 Å². The van der Waals surface area contributed by atoms with Gasteiger partial charge in [0.25, 0.3) is 0 Å². The number of anilines is 1. The van der Waals surface area contributed by atoms with E-state index in [1.54, 1.807) is 6.07 Å². The summed E-state index contributed by atoms with van der Waals surface area (Å²) in [5.41, 5.74) is 3.56. The smallest absolute Gasteiger partial charge is 0.246 e. The predicted molar refractivity (Wildman–Crippen MR) is 93.3 cm³/mol. The molecule has 0 bridgehead atoms. The standard InChI is InChI=1S/C18H21FN2O2S/c1-14-6-5-8-17(15(14)2)20-10-12-21(13-11-20)24(22,23)18-9-4-3-7-16(18)19/h3-9H,10-13H2,1-2H3. The first-order chi connectivity index (χ1) is 11.4. The number of hydrogen-bond acceptors (Lipinski definition) is 3. The summed E-state index contributed by atoms with van der Waals surface area (Å²) < 4.78 is 40.5. The fourth-order valence-electron chi connectivity index (χ4n) is 3.04. The van der Waals surface area contributed by atoms with Gasteiger partial charge in [-0.15, -0.1) is 0 Å². The summed E-state index contributed by atoms with van der Waals surface area (Å²) in [6.07, 6.45) is 0. The topological polar surface area (TPSA) is 40.6 Å². The maximum Gasteiger partial charge on any atom is 0.246 e. The molecule has 1 aliphatic heterocycles. The molecule has 6 heteroatoms. The first-order valence-electron chi connectivity index (χ1n) is 7.97. The van der Waals surface area contributed by atoms with Crippen LogP contribution in [0.25, 0.3) is 0 Å². The molecule has 0 aliphatic carbocycles. The van der Waals surface area contributed by atoms with Crippen LogP contribution in [0.5, 0.6) is 0 Å². The molecule has 0 spiro atoms. The lowest BCUT2D eigenvalue weighted by molar-refractivity contribution is 0.382. The highest BCUT2D eigenvalue weighted by Crippen LogP contribution is 2.26. The molecular formula is C18H21FN2O2S. The average Bonchev–Trinajstić information content (AvgIpc) is 2.58. The number of hydrogen-bond donors (Lipinski definition) is 0. The Balaban J connectivity index is 1.78. The van der Waals surface area contributed by atoms with Gasteiger partial charge in [0, 0.05) is 31.9 Å². The lowest BCUT2D eigenvalue weighted by Crippen LogP contribution is -2.49. The van der Waals surface area contributed by atoms with Crippen molar-refractivity contribution in [1.82, 2.24) is 4.31 Å². The summed E-state index contributed by atoms with van der Waals surface area (Å²) >= 11 is 0. The predicted octanol–water partition coefficient (Wildman–Crippen LogP) is 2.95. The third-order valence-corrected chi connectivity index (χ3v) is 6.54. The molecule has 0 unspecified atom stereocenters. The number of piperazine rings is 1. The highest BCUT2D eigenvalue weighted by Gasteiger charge is 2.30. The molecule has 1 saturated heterocycles. The van der Waals surface area contributed by atoms with Crippen molar-refractivity contribution in [1.29, 1.82) is 0 Å². The zero-order chi connectivity index (χ0) is 17.3. The molecule has 128 valence electrons. The van der Waals surface area contributed by atoms with Gasteiger partial charge in [-0.25, -0.2) is 12.8 Å². The maximum absolute atomic E-state index is 13.9. The van der Waals surface area contributed by atoms with Crippen molar-refractivity contribution >= 4 is 15.7 Å². The van der Waals surface area contributed by atoms with E-state index >= 15 is 0 Å². The van der Waals surface area contributed by atoms with E-state index in [0.717, 1.165) is 5.69 Å². The minimum atomic E-state index is -3.78. The summed E-state index contributed by atoms with van der Waals surface area (Å²) in [4.78, 5) is 1.94. The van der Waals surface area contributed by atoms with Crippen LogP contribution in [0, 0.1) is 19.7 Å². The Kier molecular flexibility index (Phi) is 4.60. The van der Waals surface area contributed by atoms with Crippen molar-refractivity contribution in [2.24, 2.45) is 0 Å². The zero-order valence-electron chi connectivity index (χ0n) is 13.9. The summed E-state index contributed by atoms with van der Waals surface area (Å²) in [7, 11) is -3.78. The van der Waals surface area contributed by atoms with Crippen LogP contribution >= 0.6 is 0 Å². The Bertz CT molecular complexity index is 844. The second-order valence-corrected chi connectivity index (χ2v) is 7.95. The molecule has 0 radical (unpaired) electrons. The molecule has 24 heavy (non-hydrogen) atoms. The van der Waals surface area contributed by atoms with Gasteiger partial charge in [0.1, 0.15) is 10.7 Å². The second-order valence-electron chi connectivity index (χ2n) is 6.04. The SMILES string of the molecule is Cc1cccc(N2CCN(S(=O)(=O)c3ccccc3F)CC2)c1C. The monoisotopic (exact) mass is 348 g/mol. The van der Waals surface area contributed by atoms with Gasteiger partial charge in [0.2, 0.25) is 10.0 Å². The molecule has 2 aromatic rings. The molecule has 0 atom stereocenters. The number of aryl methyl sites for hydroxylation is 1. The van der Waals surface area contributed by atoms with Crippen molar-refractivity contribution in [3.8, 4) is 0 Å². The van der Waals surface area contributed by atoms with Crippen LogP contribution in [0.2, 0.25) is 0 Å². The van der Waals surface area contributed by atoms with E-state index in [9.17, 15) is 12.8 Å². The van der Waals surface area contributed by atoms with E-state index < -0.39 is 15.8 Å². The fourth-order valence-corrected chi connectivity index (χ4v) is 4.53.